The van der Waals surface area contributed by atoms with Gasteiger partial charge in [-0.2, -0.15) is 0 Å². The lowest BCUT2D eigenvalue weighted by atomic mass is 10.2. The van der Waals surface area contributed by atoms with Gasteiger partial charge < -0.3 is 15.2 Å². The van der Waals surface area contributed by atoms with Crippen LogP contribution in [0.15, 0.2) is 6.33 Å². The Morgan fingerprint density at radius 3 is 2.89 bits per heavy atom. The maximum atomic E-state index is 10.9. The van der Waals surface area contributed by atoms with Crippen LogP contribution in [0.3, 0.4) is 0 Å². The summed E-state index contributed by atoms with van der Waals surface area (Å²) in [4.78, 5) is 21.4. The molecule has 0 aliphatic carbocycles. The van der Waals surface area contributed by atoms with Gasteiger partial charge in [-0.05, 0) is 19.4 Å². The number of methoxy groups -OCH3 is 1. The molecule has 2 rings (SSSR count). The number of aliphatic carboxylic acids is 1. The zero-order valence-corrected chi connectivity index (χ0v) is 11.7. The molecule has 0 saturated carbocycles. The van der Waals surface area contributed by atoms with Crippen molar-refractivity contribution in [3.8, 4) is 0 Å². The van der Waals surface area contributed by atoms with E-state index < -0.39 is 12.1 Å². The number of carboxylic acid groups (broad SMARTS) is 1. The molecule has 1 unspecified atom stereocenters. The van der Waals surface area contributed by atoms with E-state index in [1.54, 1.807) is 11.3 Å². The molecule has 0 aliphatic rings. The number of anilines is 1. The van der Waals surface area contributed by atoms with Gasteiger partial charge in [-0.15, -0.1) is 11.3 Å². The third-order valence-corrected chi connectivity index (χ3v) is 4.10. The Labute approximate surface area is 114 Å². The van der Waals surface area contributed by atoms with Crippen LogP contribution in [0.5, 0.6) is 0 Å². The molecule has 2 aromatic rings. The lowest BCUT2D eigenvalue weighted by molar-refractivity contribution is -0.147. The van der Waals surface area contributed by atoms with E-state index in [0.29, 0.717) is 5.82 Å². The minimum absolute atomic E-state index is 0.159. The van der Waals surface area contributed by atoms with Gasteiger partial charge in [-0.1, -0.05) is 0 Å². The fraction of sp³-hybridized carbons (Fsp3) is 0.417. The number of fused-ring (bicyclic) bond motifs is 1. The zero-order chi connectivity index (χ0) is 14.0. The molecule has 6 nitrogen and oxygen atoms in total. The first-order valence-corrected chi connectivity index (χ1v) is 6.56. The normalized spacial score (nSPS) is 12.6. The second-order valence-corrected chi connectivity index (χ2v) is 5.33. The highest BCUT2D eigenvalue weighted by molar-refractivity contribution is 7.18. The van der Waals surface area contributed by atoms with E-state index in [4.69, 9.17) is 9.84 Å². The van der Waals surface area contributed by atoms with Gasteiger partial charge in [-0.3, -0.25) is 0 Å². The largest absolute Gasteiger partial charge is 0.479 e. The Bertz CT molecular complexity index is 612. The molecule has 0 fully saturated rings. The van der Waals surface area contributed by atoms with Crippen molar-refractivity contribution in [2.75, 3.05) is 19.0 Å². The van der Waals surface area contributed by atoms with Crippen LogP contribution in [0.4, 0.5) is 5.82 Å². The number of hydrogen-bond acceptors (Lipinski definition) is 6. The van der Waals surface area contributed by atoms with Crippen LogP contribution in [-0.2, 0) is 9.53 Å². The fourth-order valence-electron chi connectivity index (χ4n) is 1.78. The van der Waals surface area contributed by atoms with Crippen molar-refractivity contribution in [1.29, 1.82) is 0 Å². The van der Waals surface area contributed by atoms with Crippen LogP contribution in [0, 0.1) is 13.8 Å². The van der Waals surface area contributed by atoms with Crippen LogP contribution >= 0.6 is 11.3 Å². The van der Waals surface area contributed by atoms with E-state index in [0.717, 1.165) is 15.8 Å². The molecular weight excluding hydrogens is 266 g/mol. The monoisotopic (exact) mass is 281 g/mol. The van der Waals surface area contributed by atoms with Crippen LogP contribution in [0.2, 0.25) is 0 Å². The molecule has 0 aliphatic heterocycles. The maximum Gasteiger partial charge on any atom is 0.334 e. The number of nitrogens with one attached hydrogen (secondary N) is 1. The smallest absolute Gasteiger partial charge is 0.334 e. The molecule has 2 N–H and O–H groups in total. The number of aryl methyl sites for hydroxylation is 2. The predicted octanol–water partition coefficient (Wildman–Crippen LogP) is 1.82. The average Bonchev–Trinajstić information content (AvgIpc) is 2.66. The molecule has 0 spiro atoms. The average molecular weight is 281 g/mol. The van der Waals surface area contributed by atoms with Crippen LogP contribution in [0.1, 0.15) is 10.4 Å². The first-order valence-electron chi connectivity index (χ1n) is 5.74. The number of carboxylic acids is 1. The third kappa shape index (κ3) is 2.66. The number of ether oxygens (including phenoxy) is 1. The highest BCUT2D eigenvalue weighted by atomic mass is 32.1. The molecule has 0 aromatic carbocycles. The number of rotatable bonds is 5. The summed E-state index contributed by atoms with van der Waals surface area (Å²) in [6.45, 7) is 4.20. The van der Waals surface area contributed by atoms with Crippen LogP contribution < -0.4 is 5.32 Å². The molecule has 0 amide bonds. The van der Waals surface area contributed by atoms with Gasteiger partial charge in [-0.25, -0.2) is 14.8 Å². The Hall–Kier alpha value is -1.73. The van der Waals surface area contributed by atoms with Crippen molar-refractivity contribution < 1.29 is 14.6 Å². The minimum Gasteiger partial charge on any atom is -0.479 e. The summed E-state index contributed by atoms with van der Waals surface area (Å²) in [5, 5.41) is 12.9. The van der Waals surface area contributed by atoms with Crippen molar-refractivity contribution in [1.82, 2.24) is 9.97 Å². The van der Waals surface area contributed by atoms with E-state index in [2.05, 4.69) is 15.3 Å². The summed E-state index contributed by atoms with van der Waals surface area (Å²) in [6, 6.07) is 0. The summed E-state index contributed by atoms with van der Waals surface area (Å²) in [5.41, 5.74) is 1.12. The van der Waals surface area contributed by atoms with Crippen molar-refractivity contribution in [2.24, 2.45) is 0 Å². The van der Waals surface area contributed by atoms with E-state index in [-0.39, 0.29) is 6.54 Å². The molecule has 102 valence electrons. The lowest BCUT2D eigenvalue weighted by Crippen LogP contribution is -2.30. The summed E-state index contributed by atoms with van der Waals surface area (Å²) in [6.07, 6.45) is 0.577. The topological polar surface area (TPSA) is 84.3 Å². The van der Waals surface area contributed by atoms with Gasteiger partial charge in [0.15, 0.2) is 6.10 Å². The Morgan fingerprint density at radius 1 is 1.53 bits per heavy atom. The second-order valence-electron chi connectivity index (χ2n) is 4.13. The van der Waals surface area contributed by atoms with Crippen molar-refractivity contribution in [3.05, 3.63) is 16.8 Å². The quantitative estimate of drug-likeness (QED) is 0.869. The Morgan fingerprint density at radius 2 is 2.26 bits per heavy atom. The molecular formula is C12H15N3O3S. The molecule has 1 atom stereocenters. The highest BCUT2D eigenvalue weighted by Crippen LogP contribution is 2.32. The fourth-order valence-corrected chi connectivity index (χ4v) is 2.77. The summed E-state index contributed by atoms with van der Waals surface area (Å²) >= 11 is 1.60. The second kappa shape index (κ2) is 5.50. The van der Waals surface area contributed by atoms with Crippen LogP contribution in [-0.4, -0.2) is 40.8 Å². The molecule has 2 heterocycles. The molecule has 0 saturated heterocycles. The maximum absolute atomic E-state index is 10.9. The molecule has 0 radical (unpaired) electrons. The summed E-state index contributed by atoms with van der Waals surface area (Å²) in [7, 11) is 1.37. The minimum atomic E-state index is -1.00. The molecule has 19 heavy (non-hydrogen) atoms. The number of aromatic nitrogens is 2. The Balaban J connectivity index is 2.28. The number of thiophene rings is 1. The lowest BCUT2D eigenvalue weighted by Gasteiger charge is -2.12. The van der Waals surface area contributed by atoms with Gasteiger partial charge in [0.2, 0.25) is 0 Å². The van der Waals surface area contributed by atoms with Gasteiger partial charge in [0, 0.05) is 12.0 Å². The van der Waals surface area contributed by atoms with Crippen LogP contribution in [0.25, 0.3) is 10.2 Å². The zero-order valence-electron chi connectivity index (χ0n) is 10.9. The highest BCUT2D eigenvalue weighted by Gasteiger charge is 2.18. The van der Waals surface area contributed by atoms with E-state index in [1.807, 2.05) is 13.8 Å². The van der Waals surface area contributed by atoms with Gasteiger partial charge >= 0.3 is 5.97 Å². The predicted molar refractivity (Wildman–Crippen MR) is 73.8 cm³/mol. The van der Waals surface area contributed by atoms with E-state index in [9.17, 15) is 4.79 Å². The molecule has 0 bridgehead atoms. The Kier molecular flexibility index (Phi) is 3.96. The van der Waals surface area contributed by atoms with Crippen molar-refractivity contribution in [2.45, 2.75) is 20.0 Å². The van der Waals surface area contributed by atoms with Crippen molar-refractivity contribution in [3.63, 3.8) is 0 Å². The number of carbonyl (C=O) groups is 1. The SMILES string of the molecule is COC(CNc1ncnc2sc(C)c(C)c12)C(=O)O. The van der Waals surface area contributed by atoms with E-state index in [1.165, 1.54) is 18.3 Å². The third-order valence-electron chi connectivity index (χ3n) is 2.98. The molecule has 2 aromatic heterocycles. The van der Waals surface area contributed by atoms with Crippen molar-refractivity contribution >= 4 is 33.3 Å². The summed E-state index contributed by atoms with van der Waals surface area (Å²) < 4.78 is 4.88. The molecule has 7 heteroatoms. The number of hydrogen-bond donors (Lipinski definition) is 2. The van der Waals surface area contributed by atoms with Gasteiger partial charge in [0.25, 0.3) is 0 Å². The first-order chi connectivity index (χ1) is 9.04. The summed E-state index contributed by atoms with van der Waals surface area (Å²) in [5.74, 6) is -0.353. The van der Waals surface area contributed by atoms with E-state index >= 15 is 0 Å². The van der Waals surface area contributed by atoms with Gasteiger partial charge in [0.1, 0.15) is 17.0 Å². The first kappa shape index (κ1) is 13.7. The standard InChI is InChI=1S/C12H15N3O3S/c1-6-7(2)19-11-9(6)10(14-5-15-11)13-4-8(18-3)12(16)17/h5,8H,4H2,1-3H3,(H,16,17)(H,13,14,15). The number of nitrogens with zero attached hydrogens (tertiary/aromatic N) is 2. The van der Waals surface area contributed by atoms with Gasteiger partial charge in [0.05, 0.1) is 11.9 Å².